The van der Waals surface area contributed by atoms with Gasteiger partial charge in [-0.2, -0.15) is 0 Å². The summed E-state index contributed by atoms with van der Waals surface area (Å²) in [7, 11) is 0. The van der Waals surface area contributed by atoms with Crippen LogP contribution in [-0.4, -0.2) is 5.91 Å². The Morgan fingerprint density at radius 3 is 2.89 bits per heavy atom. The third-order valence-corrected chi connectivity index (χ3v) is 3.92. The first-order valence-corrected chi connectivity index (χ1v) is 6.72. The standard InChI is InChI=1S/C14H11BrClNO2/c1-9-12(6-5-11(15)14(9)16)17-13(18)7-4-10-3-2-8-19-10/h2-8H,1H3,(H,17,18). The first kappa shape index (κ1) is 13.9. The van der Waals surface area contributed by atoms with Gasteiger partial charge in [0.25, 0.3) is 0 Å². The Balaban J connectivity index is 2.09. The van der Waals surface area contributed by atoms with Crippen LogP contribution in [0.15, 0.2) is 45.5 Å². The highest BCUT2D eigenvalue weighted by Gasteiger charge is 2.07. The van der Waals surface area contributed by atoms with Crippen molar-refractivity contribution in [2.75, 3.05) is 5.32 Å². The molecule has 1 amide bonds. The predicted octanol–water partition coefficient (Wildman–Crippen LogP) is 4.66. The lowest BCUT2D eigenvalue weighted by atomic mass is 10.2. The van der Waals surface area contributed by atoms with Gasteiger partial charge in [0, 0.05) is 16.2 Å². The van der Waals surface area contributed by atoms with Gasteiger partial charge in [0.05, 0.1) is 11.3 Å². The Kier molecular flexibility index (Phi) is 4.45. The van der Waals surface area contributed by atoms with Crippen LogP contribution in [0.5, 0.6) is 0 Å². The zero-order valence-electron chi connectivity index (χ0n) is 10.1. The Morgan fingerprint density at radius 2 is 2.21 bits per heavy atom. The van der Waals surface area contributed by atoms with Crippen LogP contribution < -0.4 is 5.32 Å². The maximum Gasteiger partial charge on any atom is 0.248 e. The molecule has 2 rings (SSSR count). The van der Waals surface area contributed by atoms with Gasteiger partial charge in [0.1, 0.15) is 5.76 Å². The zero-order valence-corrected chi connectivity index (χ0v) is 12.5. The molecule has 0 saturated heterocycles. The highest BCUT2D eigenvalue weighted by atomic mass is 79.9. The normalized spacial score (nSPS) is 10.9. The monoisotopic (exact) mass is 339 g/mol. The van der Waals surface area contributed by atoms with Crippen LogP contribution in [0.25, 0.3) is 6.08 Å². The lowest BCUT2D eigenvalue weighted by Crippen LogP contribution is -2.09. The molecule has 2 aromatic rings. The quantitative estimate of drug-likeness (QED) is 0.826. The molecule has 0 radical (unpaired) electrons. The van der Waals surface area contributed by atoms with E-state index >= 15 is 0 Å². The fraction of sp³-hybridized carbons (Fsp3) is 0.0714. The Labute approximate surface area is 124 Å². The predicted molar refractivity (Wildman–Crippen MR) is 80.3 cm³/mol. The van der Waals surface area contributed by atoms with E-state index in [9.17, 15) is 4.79 Å². The van der Waals surface area contributed by atoms with Crippen molar-refractivity contribution in [3.63, 3.8) is 0 Å². The van der Waals surface area contributed by atoms with E-state index in [2.05, 4.69) is 21.2 Å². The van der Waals surface area contributed by atoms with Crippen LogP contribution in [0.4, 0.5) is 5.69 Å². The molecule has 1 N–H and O–H groups in total. The van der Waals surface area contributed by atoms with Crippen molar-refractivity contribution in [2.45, 2.75) is 6.92 Å². The minimum absolute atomic E-state index is 0.238. The fourth-order valence-electron chi connectivity index (χ4n) is 1.51. The second-order valence-electron chi connectivity index (χ2n) is 3.87. The number of rotatable bonds is 3. The molecular formula is C14H11BrClNO2. The minimum atomic E-state index is -0.238. The summed E-state index contributed by atoms with van der Waals surface area (Å²) in [5.41, 5.74) is 1.50. The summed E-state index contributed by atoms with van der Waals surface area (Å²) in [4.78, 5) is 11.8. The minimum Gasteiger partial charge on any atom is -0.465 e. The first-order chi connectivity index (χ1) is 9.08. The number of halogens is 2. The number of hydrogen-bond donors (Lipinski definition) is 1. The van der Waals surface area contributed by atoms with Crippen molar-refractivity contribution in [3.8, 4) is 0 Å². The Hall–Kier alpha value is -1.52. The first-order valence-electron chi connectivity index (χ1n) is 5.55. The Morgan fingerprint density at radius 1 is 1.42 bits per heavy atom. The van der Waals surface area contributed by atoms with Gasteiger partial charge < -0.3 is 9.73 Å². The molecule has 0 aliphatic heterocycles. The van der Waals surface area contributed by atoms with E-state index in [0.29, 0.717) is 16.5 Å². The SMILES string of the molecule is Cc1c(NC(=O)C=Cc2ccco2)ccc(Br)c1Cl. The van der Waals surface area contributed by atoms with Gasteiger partial charge in [-0.3, -0.25) is 4.79 Å². The third kappa shape index (κ3) is 3.49. The van der Waals surface area contributed by atoms with Gasteiger partial charge in [-0.15, -0.1) is 0 Å². The highest BCUT2D eigenvalue weighted by molar-refractivity contribution is 9.10. The lowest BCUT2D eigenvalue weighted by Gasteiger charge is -2.09. The summed E-state index contributed by atoms with van der Waals surface area (Å²) >= 11 is 9.43. The molecule has 5 heteroatoms. The summed E-state index contributed by atoms with van der Waals surface area (Å²) in [6.45, 7) is 1.85. The number of nitrogens with one attached hydrogen (secondary N) is 1. The van der Waals surface area contributed by atoms with Gasteiger partial charge >= 0.3 is 0 Å². The number of furan rings is 1. The molecule has 0 bridgehead atoms. The summed E-state index contributed by atoms with van der Waals surface area (Å²) in [6, 6.07) is 7.12. The number of carbonyl (C=O) groups excluding carboxylic acids is 1. The highest BCUT2D eigenvalue weighted by Crippen LogP contribution is 2.30. The zero-order chi connectivity index (χ0) is 13.8. The molecule has 1 aromatic carbocycles. The van der Waals surface area contributed by atoms with Gasteiger partial charge in [0.15, 0.2) is 0 Å². The van der Waals surface area contributed by atoms with Crippen molar-refractivity contribution in [1.82, 2.24) is 0 Å². The third-order valence-electron chi connectivity index (χ3n) is 2.54. The molecule has 0 saturated carbocycles. The van der Waals surface area contributed by atoms with Crippen molar-refractivity contribution in [3.05, 3.63) is 57.4 Å². The van der Waals surface area contributed by atoms with Crippen LogP contribution in [0.3, 0.4) is 0 Å². The van der Waals surface area contributed by atoms with E-state index < -0.39 is 0 Å². The van der Waals surface area contributed by atoms with Crippen molar-refractivity contribution < 1.29 is 9.21 Å². The molecule has 0 fully saturated rings. The van der Waals surface area contributed by atoms with Gasteiger partial charge in [-0.05, 0) is 58.8 Å². The second kappa shape index (κ2) is 6.08. The molecule has 0 unspecified atom stereocenters. The van der Waals surface area contributed by atoms with Crippen LogP contribution in [-0.2, 0) is 4.79 Å². The molecule has 0 spiro atoms. The molecule has 1 heterocycles. The van der Waals surface area contributed by atoms with Crippen LogP contribution in [0.2, 0.25) is 5.02 Å². The number of hydrogen-bond acceptors (Lipinski definition) is 2. The topological polar surface area (TPSA) is 42.2 Å². The Bertz CT molecular complexity index is 621. The number of amides is 1. The molecule has 0 aliphatic rings. The van der Waals surface area contributed by atoms with E-state index in [1.54, 1.807) is 36.6 Å². The molecule has 1 aromatic heterocycles. The number of anilines is 1. The van der Waals surface area contributed by atoms with Crippen LogP contribution >= 0.6 is 27.5 Å². The van der Waals surface area contributed by atoms with Crippen molar-refractivity contribution >= 4 is 45.2 Å². The molecule has 3 nitrogen and oxygen atoms in total. The van der Waals surface area contributed by atoms with Gasteiger partial charge in [-0.25, -0.2) is 0 Å². The maximum atomic E-state index is 11.8. The molecular weight excluding hydrogens is 330 g/mol. The maximum absolute atomic E-state index is 11.8. The summed E-state index contributed by atoms with van der Waals surface area (Å²) in [5.74, 6) is 0.388. The van der Waals surface area contributed by atoms with Crippen LogP contribution in [0.1, 0.15) is 11.3 Å². The van der Waals surface area contributed by atoms with E-state index in [-0.39, 0.29) is 5.91 Å². The average Bonchev–Trinajstić information content (AvgIpc) is 2.90. The number of carbonyl (C=O) groups is 1. The summed E-state index contributed by atoms with van der Waals surface area (Å²) < 4.78 is 5.90. The van der Waals surface area contributed by atoms with E-state index in [0.717, 1.165) is 10.0 Å². The summed E-state index contributed by atoms with van der Waals surface area (Å²) in [6.07, 6.45) is 4.57. The van der Waals surface area contributed by atoms with E-state index in [1.165, 1.54) is 6.08 Å². The van der Waals surface area contributed by atoms with Crippen molar-refractivity contribution in [2.24, 2.45) is 0 Å². The largest absolute Gasteiger partial charge is 0.465 e. The summed E-state index contributed by atoms with van der Waals surface area (Å²) in [5, 5.41) is 3.36. The molecule has 0 aliphatic carbocycles. The second-order valence-corrected chi connectivity index (χ2v) is 5.10. The van der Waals surface area contributed by atoms with E-state index in [1.807, 2.05) is 6.92 Å². The van der Waals surface area contributed by atoms with E-state index in [4.69, 9.17) is 16.0 Å². The molecule has 98 valence electrons. The fourth-order valence-corrected chi connectivity index (χ4v) is 2.10. The average molecular weight is 341 g/mol. The molecule has 19 heavy (non-hydrogen) atoms. The number of benzene rings is 1. The van der Waals surface area contributed by atoms with Crippen LogP contribution in [0, 0.1) is 6.92 Å². The molecule has 0 atom stereocenters. The lowest BCUT2D eigenvalue weighted by molar-refractivity contribution is -0.111. The van der Waals surface area contributed by atoms with Gasteiger partial charge in [0.2, 0.25) is 5.91 Å². The smallest absolute Gasteiger partial charge is 0.248 e. The van der Waals surface area contributed by atoms with Crippen molar-refractivity contribution in [1.29, 1.82) is 0 Å². The van der Waals surface area contributed by atoms with Gasteiger partial charge in [-0.1, -0.05) is 11.6 Å².